The molecule has 1 fully saturated rings. The predicted octanol–water partition coefficient (Wildman–Crippen LogP) is 4.52. The van der Waals surface area contributed by atoms with Crippen LogP contribution in [0.4, 0.5) is 0 Å². The molecule has 142 valence electrons. The molecule has 0 unspecified atom stereocenters. The number of hydrogen-bond acceptors (Lipinski definition) is 4. The highest BCUT2D eigenvalue weighted by atomic mass is 16.5. The molecule has 0 bridgehead atoms. The molecule has 0 radical (unpaired) electrons. The Hall–Kier alpha value is -3.21. The quantitative estimate of drug-likeness (QED) is 0.660. The van der Waals surface area contributed by atoms with Crippen molar-refractivity contribution in [3.05, 3.63) is 78.1 Å². The number of benzene rings is 2. The molecule has 5 nitrogen and oxygen atoms in total. The van der Waals surface area contributed by atoms with E-state index in [1.165, 1.54) is 0 Å². The van der Waals surface area contributed by atoms with Crippen molar-refractivity contribution in [1.82, 2.24) is 14.9 Å². The van der Waals surface area contributed by atoms with Gasteiger partial charge in [-0.2, -0.15) is 0 Å². The highest BCUT2D eigenvalue weighted by molar-refractivity contribution is 5.94. The van der Waals surface area contributed by atoms with Crippen LogP contribution in [0.2, 0.25) is 0 Å². The van der Waals surface area contributed by atoms with Crippen LogP contribution in [0.25, 0.3) is 11.4 Å². The third kappa shape index (κ3) is 3.74. The third-order valence-corrected chi connectivity index (χ3v) is 5.02. The molecule has 1 aromatic heterocycles. The molecule has 0 saturated carbocycles. The van der Waals surface area contributed by atoms with Gasteiger partial charge in [-0.1, -0.05) is 42.5 Å². The number of aromatic nitrogens is 2. The first kappa shape index (κ1) is 18.2. The maximum Gasteiger partial charge on any atom is 0.257 e. The van der Waals surface area contributed by atoms with Gasteiger partial charge in [-0.05, 0) is 37.5 Å². The van der Waals surface area contributed by atoms with Crippen molar-refractivity contribution in [2.45, 2.75) is 25.8 Å². The number of carbonyl (C=O) groups excluding carboxylic acids is 1. The fourth-order valence-corrected chi connectivity index (χ4v) is 3.65. The number of amides is 1. The van der Waals surface area contributed by atoms with E-state index in [0.717, 1.165) is 36.3 Å². The summed E-state index contributed by atoms with van der Waals surface area (Å²) in [7, 11) is 0. The summed E-state index contributed by atoms with van der Waals surface area (Å²) in [6.45, 7) is 3.36. The monoisotopic (exact) mass is 373 g/mol. The topological polar surface area (TPSA) is 55.3 Å². The molecule has 5 heteroatoms. The van der Waals surface area contributed by atoms with Crippen LogP contribution in [0.3, 0.4) is 0 Å². The van der Waals surface area contributed by atoms with Gasteiger partial charge >= 0.3 is 0 Å². The van der Waals surface area contributed by atoms with E-state index in [2.05, 4.69) is 22.1 Å². The Bertz CT molecular complexity index is 924. The summed E-state index contributed by atoms with van der Waals surface area (Å²) >= 11 is 0. The summed E-state index contributed by atoms with van der Waals surface area (Å²) in [5, 5.41) is 0. The number of hydrogen-bond donors (Lipinski definition) is 0. The van der Waals surface area contributed by atoms with Gasteiger partial charge in [-0.25, -0.2) is 9.97 Å². The first-order chi connectivity index (χ1) is 13.8. The van der Waals surface area contributed by atoms with Crippen LogP contribution >= 0.6 is 0 Å². The molecular weight excluding hydrogens is 350 g/mol. The van der Waals surface area contributed by atoms with Gasteiger partial charge in [-0.3, -0.25) is 4.79 Å². The highest BCUT2D eigenvalue weighted by Crippen LogP contribution is 2.33. The van der Waals surface area contributed by atoms with E-state index in [9.17, 15) is 4.79 Å². The maximum atomic E-state index is 13.1. The molecule has 3 aromatic rings. The fraction of sp³-hybridized carbons (Fsp3) is 0.261. The fourth-order valence-electron chi connectivity index (χ4n) is 3.65. The molecule has 0 N–H and O–H groups in total. The Morgan fingerprint density at radius 2 is 1.79 bits per heavy atom. The summed E-state index contributed by atoms with van der Waals surface area (Å²) in [5.74, 6) is 1.46. The molecule has 4 rings (SSSR count). The van der Waals surface area contributed by atoms with Crippen molar-refractivity contribution in [2.75, 3.05) is 13.2 Å². The molecule has 1 aliphatic rings. The summed E-state index contributed by atoms with van der Waals surface area (Å²) in [6, 6.07) is 17.9. The van der Waals surface area contributed by atoms with Gasteiger partial charge in [-0.15, -0.1) is 0 Å². The van der Waals surface area contributed by atoms with Crippen molar-refractivity contribution in [3.8, 4) is 17.1 Å². The van der Waals surface area contributed by atoms with E-state index < -0.39 is 0 Å². The molecule has 1 aliphatic heterocycles. The van der Waals surface area contributed by atoms with Crippen molar-refractivity contribution in [2.24, 2.45) is 0 Å². The van der Waals surface area contributed by atoms with E-state index >= 15 is 0 Å². The SMILES string of the molecule is CCOc1ccc([C@@H]2CCCN2C(=O)c2cnc(-c3ccccc3)nc2)cc1. The van der Waals surface area contributed by atoms with Crippen molar-refractivity contribution >= 4 is 5.91 Å². The van der Waals surface area contributed by atoms with E-state index in [4.69, 9.17) is 4.74 Å². The van der Waals surface area contributed by atoms with Crippen LogP contribution < -0.4 is 4.74 Å². The summed E-state index contributed by atoms with van der Waals surface area (Å²) in [6.07, 6.45) is 5.21. The van der Waals surface area contributed by atoms with Crippen LogP contribution in [0.15, 0.2) is 67.0 Å². The zero-order valence-electron chi connectivity index (χ0n) is 15.9. The molecule has 0 spiro atoms. The minimum atomic E-state index is -0.0176. The number of ether oxygens (including phenoxy) is 1. The summed E-state index contributed by atoms with van der Waals surface area (Å²) in [4.78, 5) is 23.8. The van der Waals surface area contributed by atoms with E-state index in [-0.39, 0.29) is 11.9 Å². The molecule has 1 saturated heterocycles. The van der Waals surface area contributed by atoms with Crippen molar-refractivity contribution in [3.63, 3.8) is 0 Å². The molecule has 28 heavy (non-hydrogen) atoms. The second-order valence-electron chi connectivity index (χ2n) is 6.82. The Labute approximate surface area is 165 Å². The van der Waals surface area contributed by atoms with Gasteiger partial charge in [0.25, 0.3) is 5.91 Å². The third-order valence-electron chi connectivity index (χ3n) is 5.02. The average Bonchev–Trinajstić information content (AvgIpc) is 3.25. The van der Waals surface area contributed by atoms with Gasteiger partial charge in [0.05, 0.1) is 18.2 Å². The van der Waals surface area contributed by atoms with Gasteiger partial charge in [0.15, 0.2) is 5.82 Å². The van der Waals surface area contributed by atoms with Crippen LogP contribution in [0, 0.1) is 0 Å². The minimum absolute atomic E-state index is 0.0176. The van der Waals surface area contributed by atoms with Gasteiger partial charge in [0, 0.05) is 24.5 Å². The first-order valence-electron chi connectivity index (χ1n) is 9.67. The molecule has 1 atom stereocenters. The Morgan fingerprint density at radius 3 is 2.46 bits per heavy atom. The highest BCUT2D eigenvalue weighted by Gasteiger charge is 2.31. The van der Waals surface area contributed by atoms with Gasteiger partial charge < -0.3 is 9.64 Å². The van der Waals surface area contributed by atoms with Crippen LogP contribution in [-0.2, 0) is 0 Å². The average molecular weight is 373 g/mol. The lowest BCUT2D eigenvalue weighted by Gasteiger charge is -2.25. The number of nitrogens with zero attached hydrogens (tertiary/aromatic N) is 3. The predicted molar refractivity (Wildman–Crippen MR) is 108 cm³/mol. The van der Waals surface area contributed by atoms with E-state index in [0.29, 0.717) is 18.0 Å². The Morgan fingerprint density at radius 1 is 1.07 bits per heavy atom. The number of rotatable bonds is 5. The van der Waals surface area contributed by atoms with Gasteiger partial charge in [0.2, 0.25) is 0 Å². The van der Waals surface area contributed by atoms with E-state index in [1.807, 2.05) is 54.3 Å². The first-order valence-corrected chi connectivity index (χ1v) is 9.67. The standard InChI is InChI=1S/C23H23N3O2/c1-2-28-20-12-10-17(11-13-20)21-9-6-14-26(21)23(27)19-15-24-22(25-16-19)18-7-4-3-5-8-18/h3-5,7-8,10-13,15-16,21H,2,6,9,14H2,1H3/t21-/m0/s1. The van der Waals surface area contributed by atoms with E-state index in [1.54, 1.807) is 12.4 Å². The second kappa shape index (κ2) is 8.21. The summed E-state index contributed by atoms with van der Waals surface area (Å²) < 4.78 is 5.52. The molecule has 2 aromatic carbocycles. The second-order valence-corrected chi connectivity index (χ2v) is 6.82. The zero-order chi connectivity index (χ0) is 19.3. The number of carbonyl (C=O) groups is 1. The normalized spacial score (nSPS) is 16.2. The molecule has 0 aliphatic carbocycles. The lowest BCUT2D eigenvalue weighted by Crippen LogP contribution is -2.30. The largest absolute Gasteiger partial charge is 0.494 e. The van der Waals surface area contributed by atoms with Crippen LogP contribution in [0.5, 0.6) is 5.75 Å². The Balaban J connectivity index is 1.52. The lowest BCUT2D eigenvalue weighted by atomic mass is 10.0. The molecule has 1 amide bonds. The molecular formula is C23H23N3O2. The smallest absolute Gasteiger partial charge is 0.257 e. The Kier molecular flexibility index (Phi) is 5.33. The maximum absolute atomic E-state index is 13.1. The van der Waals surface area contributed by atoms with Crippen LogP contribution in [-0.4, -0.2) is 33.9 Å². The molecule has 2 heterocycles. The van der Waals surface area contributed by atoms with Crippen molar-refractivity contribution < 1.29 is 9.53 Å². The number of likely N-dealkylation sites (tertiary alicyclic amines) is 1. The zero-order valence-corrected chi connectivity index (χ0v) is 15.9. The lowest BCUT2D eigenvalue weighted by molar-refractivity contribution is 0.0735. The van der Waals surface area contributed by atoms with Crippen LogP contribution in [0.1, 0.15) is 41.7 Å². The summed E-state index contributed by atoms with van der Waals surface area (Å²) in [5.41, 5.74) is 2.60. The van der Waals surface area contributed by atoms with Gasteiger partial charge in [0.1, 0.15) is 5.75 Å². The minimum Gasteiger partial charge on any atom is -0.494 e. The van der Waals surface area contributed by atoms with Crippen molar-refractivity contribution in [1.29, 1.82) is 0 Å².